The Balaban J connectivity index is 1.21. The van der Waals surface area contributed by atoms with Crippen LogP contribution in [0.4, 0.5) is 4.39 Å². The Labute approximate surface area is 241 Å². The summed E-state index contributed by atoms with van der Waals surface area (Å²) in [5.41, 5.74) is 2.36. The molecule has 1 saturated carbocycles. The van der Waals surface area contributed by atoms with E-state index in [2.05, 4.69) is 20.6 Å². The number of carbonyl (C=O) groups is 2. The predicted molar refractivity (Wildman–Crippen MR) is 153 cm³/mol. The molecule has 2 aliphatic carbocycles. The Hall–Kier alpha value is -3.44. The van der Waals surface area contributed by atoms with Gasteiger partial charge in [0.1, 0.15) is 17.6 Å². The summed E-state index contributed by atoms with van der Waals surface area (Å²) in [6.07, 6.45) is 5.07. The molecule has 3 atom stereocenters. The quantitative estimate of drug-likeness (QED) is 0.220. The number of aromatic amines is 1. The number of H-pyrrole nitrogens is 1. The number of furan rings is 1. The van der Waals surface area contributed by atoms with E-state index in [1.165, 1.54) is 23.9 Å². The van der Waals surface area contributed by atoms with Gasteiger partial charge in [-0.3, -0.25) is 14.4 Å². The van der Waals surface area contributed by atoms with Gasteiger partial charge < -0.3 is 25.1 Å². The topological polar surface area (TPSA) is 137 Å². The fourth-order valence-corrected chi connectivity index (χ4v) is 6.23. The maximum atomic E-state index is 15.0. The lowest BCUT2D eigenvalue weighted by molar-refractivity contribution is -0.125. The number of hydrogen-bond acceptors (Lipinski definition) is 7. The van der Waals surface area contributed by atoms with Crippen molar-refractivity contribution in [2.75, 3.05) is 0 Å². The number of aliphatic hydroxyl groups is 1. The summed E-state index contributed by atoms with van der Waals surface area (Å²) < 4.78 is 20.7. The normalized spacial score (nSPS) is 19.1. The smallest absolute Gasteiger partial charge is 0.287 e. The molecule has 4 N–H and O–H groups in total. The van der Waals surface area contributed by atoms with Crippen molar-refractivity contribution in [2.24, 2.45) is 5.92 Å². The zero-order chi connectivity index (χ0) is 29.1. The van der Waals surface area contributed by atoms with E-state index in [1.807, 2.05) is 13.8 Å². The minimum Gasteiger partial charge on any atom is -0.451 e. The standard InChI is InChI=1S/C30H35FN4O5S/c1-16(2)26(29(39)32-22-7-3-4-9-23(22)36)34-28(38)25-13-12-24(40-25)17-10-11-18(20(31)14-17)15-41-30-33-21-8-5-6-19(21)27(37)35-30/h10-14,16,22-23,26,36H,3-9,15H2,1-2H3,(H,32,39)(H,34,38)(H,33,35,37)/t22-,23-,26+/m1/s1. The highest BCUT2D eigenvalue weighted by molar-refractivity contribution is 7.98. The molecule has 2 amide bonds. The molecule has 2 aliphatic rings. The molecule has 0 aliphatic heterocycles. The van der Waals surface area contributed by atoms with E-state index < -0.39 is 23.9 Å². The lowest BCUT2D eigenvalue weighted by Gasteiger charge is -2.31. The third-order valence-electron chi connectivity index (χ3n) is 7.74. The summed E-state index contributed by atoms with van der Waals surface area (Å²) in [5, 5.41) is 16.3. The van der Waals surface area contributed by atoms with Crippen molar-refractivity contribution >= 4 is 23.6 Å². The van der Waals surface area contributed by atoms with Crippen molar-refractivity contribution in [3.8, 4) is 11.3 Å². The van der Waals surface area contributed by atoms with Crippen molar-refractivity contribution in [3.63, 3.8) is 0 Å². The highest BCUT2D eigenvalue weighted by atomic mass is 32.2. The highest BCUT2D eigenvalue weighted by Gasteiger charge is 2.31. The third-order valence-corrected chi connectivity index (χ3v) is 8.67. The highest BCUT2D eigenvalue weighted by Crippen LogP contribution is 2.28. The number of thioether (sulfide) groups is 1. The van der Waals surface area contributed by atoms with Gasteiger partial charge >= 0.3 is 0 Å². The van der Waals surface area contributed by atoms with E-state index >= 15 is 0 Å². The summed E-state index contributed by atoms with van der Waals surface area (Å²) in [7, 11) is 0. The first-order valence-corrected chi connectivity index (χ1v) is 15.1. The lowest BCUT2D eigenvalue weighted by atomic mass is 9.92. The molecular weight excluding hydrogens is 547 g/mol. The average molecular weight is 583 g/mol. The van der Waals surface area contributed by atoms with Crippen molar-refractivity contribution in [1.29, 1.82) is 0 Å². The number of hydrogen-bond donors (Lipinski definition) is 4. The maximum Gasteiger partial charge on any atom is 0.287 e. The summed E-state index contributed by atoms with van der Waals surface area (Å²) in [4.78, 5) is 45.4. The van der Waals surface area contributed by atoms with Gasteiger partial charge in [0.25, 0.3) is 11.5 Å². The first kappa shape index (κ1) is 29.1. The number of nitrogens with one attached hydrogen (secondary N) is 3. The van der Waals surface area contributed by atoms with Crippen molar-refractivity contribution in [2.45, 2.75) is 87.9 Å². The molecule has 3 aromatic rings. The Kier molecular flexibility index (Phi) is 8.94. The monoisotopic (exact) mass is 582 g/mol. The second-order valence-corrected chi connectivity index (χ2v) is 12.0. The van der Waals surface area contributed by atoms with Crippen LogP contribution in [0.2, 0.25) is 0 Å². The average Bonchev–Trinajstić information content (AvgIpc) is 3.63. The van der Waals surface area contributed by atoms with Crippen LogP contribution >= 0.6 is 11.8 Å². The van der Waals surface area contributed by atoms with Gasteiger partial charge in [-0.2, -0.15) is 0 Å². The predicted octanol–water partition coefficient (Wildman–Crippen LogP) is 4.12. The number of nitrogens with zero attached hydrogens (tertiary/aromatic N) is 1. The number of rotatable bonds is 9. The van der Waals surface area contributed by atoms with Crippen LogP contribution in [0.1, 0.15) is 73.3 Å². The van der Waals surface area contributed by atoms with Gasteiger partial charge in [-0.1, -0.05) is 50.6 Å². The fourth-order valence-electron chi connectivity index (χ4n) is 5.37. The SMILES string of the molecule is CC(C)[C@H](NC(=O)c1ccc(-c2ccc(CSc3nc4c(c(=O)[nH]3)CCC4)c(F)c2)o1)C(=O)N[C@@H]1CCCC[C@H]1O. The summed E-state index contributed by atoms with van der Waals surface area (Å²) in [5.74, 6) is -0.937. The molecule has 41 heavy (non-hydrogen) atoms. The molecule has 0 unspecified atom stereocenters. The number of aryl methyl sites for hydroxylation is 1. The van der Waals surface area contributed by atoms with E-state index in [1.54, 1.807) is 18.2 Å². The second kappa shape index (κ2) is 12.6. The second-order valence-electron chi connectivity index (χ2n) is 11.1. The van der Waals surface area contributed by atoms with Crippen LogP contribution in [0.15, 0.2) is 44.7 Å². The van der Waals surface area contributed by atoms with Crippen LogP contribution in [0, 0.1) is 11.7 Å². The first-order chi connectivity index (χ1) is 19.7. The van der Waals surface area contributed by atoms with Crippen LogP contribution in [0.25, 0.3) is 11.3 Å². The summed E-state index contributed by atoms with van der Waals surface area (Å²) in [6, 6.07) is 6.63. The van der Waals surface area contributed by atoms with E-state index in [0.717, 1.165) is 43.4 Å². The molecule has 218 valence electrons. The first-order valence-electron chi connectivity index (χ1n) is 14.1. The number of halogens is 1. The zero-order valence-electron chi connectivity index (χ0n) is 23.2. The van der Waals surface area contributed by atoms with Gasteiger partial charge in [-0.15, -0.1) is 0 Å². The number of carbonyl (C=O) groups excluding carboxylic acids is 2. The Morgan fingerprint density at radius 1 is 1.17 bits per heavy atom. The van der Waals surface area contributed by atoms with Gasteiger partial charge in [-0.25, -0.2) is 9.37 Å². The Morgan fingerprint density at radius 2 is 1.98 bits per heavy atom. The number of fused-ring (bicyclic) bond motifs is 1. The van der Waals surface area contributed by atoms with Gasteiger partial charge in [-0.05, 0) is 61.8 Å². The van der Waals surface area contributed by atoms with Gasteiger partial charge in [0, 0.05) is 16.9 Å². The molecule has 11 heteroatoms. The fraction of sp³-hybridized carbons (Fsp3) is 0.467. The van der Waals surface area contributed by atoms with Gasteiger partial charge in [0.2, 0.25) is 5.91 Å². The third kappa shape index (κ3) is 6.73. The zero-order valence-corrected chi connectivity index (χ0v) is 24.0. The Morgan fingerprint density at radius 3 is 2.73 bits per heavy atom. The van der Waals surface area contributed by atoms with Crippen LogP contribution in [0.5, 0.6) is 0 Å². The van der Waals surface area contributed by atoms with Crippen molar-refractivity contribution in [3.05, 3.63) is 69.1 Å². The molecule has 9 nitrogen and oxygen atoms in total. The van der Waals surface area contributed by atoms with E-state index in [4.69, 9.17) is 4.42 Å². The molecule has 2 aromatic heterocycles. The maximum absolute atomic E-state index is 15.0. The van der Waals surface area contributed by atoms with E-state index in [9.17, 15) is 23.9 Å². The largest absolute Gasteiger partial charge is 0.451 e. The number of aromatic nitrogens is 2. The molecule has 0 radical (unpaired) electrons. The summed E-state index contributed by atoms with van der Waals surface area (Å²) >= 11 is 1.27. The van der Waals surface area contributed by atoms with Crippen LogP contribution in [0.3, 0.4) is 0 Å². The molecule has 2 heterocycles. The molecule has 0 saturated heterocycles. The van der Waals surface area contributed by atoms with Crippen molar-refractivity contribution < 1.29 is 23.5 Å². The lowest BCUT2D eigenvalue weighted by Crippen LogP contribution is -2.55. The van der Waals surface area contributed by atoms with Gasteiger partial charge in [0.05, 0.1) is 17.8 Å². The van der Waals surface area contributed by atoms with E-state index in [0.29, 0.717) is 34.9 Å². The van der Waals surface area contributed by atoms with Crippen molar-refractivity contribution in [1.82, 2.24) is 20.6 Å². The molecule has 0 spiro atoms. The molecule has 1 aromatic carbocycles. The van der Waals surface area contributed by atoms with Crippen LogP contribution < -0.4 is 16.2 Å². The molecule has 5 rings (SSSR count). The van der Waals surface area contributed by atoms with Crippen LogP contribution in [-0.2, 0) is 23.4 Å². The Bertz CT molecular complexity index is 1490. The number of aliphatic hydroxyl groups excluding tert-OH is 1. The number of benzene rings is 1. The summed E-state index contributed by atoms with van der Waals surface area (Å²) in [6.45, 7) is 3.66. The minimum absolute atomic E-state index is 0.00262. The molecule has 0 bridgehead atoms. The van der Waals surface area contributed by atoms with Crippen LogP contribution in [-0.4, -0.2) is 45.1 Å². The van der Waals surface area contributed by atoms with Gasteiger partial charge in [0.15, 0.2) is 10.9 Å². The minimum atomic E-state index is -0.811. The van der Waals surface area contributed by atoms with E-state index in [-0.39, 0.29) is 34.9 Å². The molecular formula is C30H35FN4O5S. The molecule has 1 fully saturated rings. The number of amides is 2.